The fraction of sp³-hybridized carbons (Fsp3) is 0.625. The molecular formula is C16H26N2O2S. The van der Waals surface area contributed by atoms with Gasteiger partial charge in [0.05, 0.1) is 5.69 Å². The number of nitrogens with one attached hydrogen (secondary N) is 1. The molecule has 0 saturated heterocycles. The minimum atomic E-state index is -3.57. The minimum Gasteiger partial charge on any atom is -0.398 e. The van der Waals surface area contributed by atoms with Gasteiger partial charge in [-0.25, -0.2) is 13.1 Å². The molecule has 0 aromatic heterocycles. The van der Waals surface area contributed by atoms with Crippen LogP contribution in [0.3, 0.4) is 0 Å². The third-order valence-electron chi connectivity index (χ3n) is 5.77. The molecule has 1 aromatic rings. The van der Waals surface area contributed by atoms with Gasteiger partial charge in [0.25, 0.3) is 0 Å². The van der Waals surface area contributed by atoms with Gasteiger partial charge in [0.1, 0.15) is 4.90 Å². The van der Waals surface area contributed by atoms with Crippen LogP contribution in [-0.2, 0) is 10.0 Å². The molecule has 1 saturated carbocycles. The second-order valence-corrected chi connectivity index (χ2v) is 8.98. The summed E-state index contributed by atoms with van der Waals surface area (Å²) in [6.07, 6.45) is 0. The molecule has 1 aliphatic rings. The van der Waals surface area contributed by atoms with Crippen molar-refractivity contribution >= 4 is 15.7 Å². The predicted molar refractivity (Wildman–Crippen MR) is 86.6 cm³/mol. The van der Waals surface area contributed by atoms with Gasteiger partial charge in [0.2, 0.25) is 10.0 Å². The van der Waals surface area contributed by atoms with Gasteiger partial charge in [-0.3, -0.25) is 0 Å². The number of nitrogen functional groups attached to an aromatic ring is 1. The molecule has 0 atom stereocenters. The van der Waals surface area contributed by atoms with Crippen molar-refractivity contribution in [3.63, 3.8) is 0 Å². The van der Waals surface area contributed by atoms with Crippen molar-refractivity contribution in [2.24, 2.45) is 16.7 Å². The summed E-state index contributed by atoms with van der Waals surface area (Å²) in [5, 5.41) is 0. The monoisotopic (exact) mass is 310 g/mol. The van der Waals surface area contributed by atoms with Gasteiger partial charge in [0, 0.05) is 6.54 Å². The normalized spacial score (nSPS) is 20.5. The summed E-state index contributed by atoms with van der Waals surface area (Å²) in [5.74, 6) is 0.339. The summed E-state index contributed by atoms with van der Waals surface area (Å²) in [5.41, 5.74) is 8.15. The van der Waals surface area contributed by atoms with Crippen molar-refractivity contribution in [1.82, 2.24) is 4.72 Å². The fourth-order valence-corrected chi connectivity index (χ4v) is 4.75. The smallest absolute Gasteiger partial charge is 0.242 e. The molecule has 5 heteroatoms. The molecule has 118 valence electrons. The van der Waals surface area contributed by atoms with E-state index in [9.17, 15) is 8.42 Å². The number of sulfonamides is 1. The quantitative estimate of drug-likeness (QED) is 0.840. The van der Waals surface area contributed by atoms with Crippen LogP contribution in [0, 0.1) is 30.6 Å². The lowest BCUT2D eigenvalue weighted by molar-refractivity contribution is 0.457. The second-order valence-electron chi connectivity index (χ2n) is 7.27. The Balaban J connectivity index is 2.24. The van der Waals surface area contributed by atoms with Crippen molar-refractivity contribution in [1.29, 1.82) is 0 Å². The van der Waals surface area contributed by atoms with Gasteiger partial charge >= 0.3 is 0 Å². The molecule has 2 rings (SSSR count). The van der Waals surface area contributed by atoms with E-state index in [2.05, 4.69) is 32.4 Å². The highest BCUT2D eigenvalue weighted by molar-refractivity contribution is 7.89. The Bertz CT molecular complexity index is 662. The third-order valence-corrected chi connectivity index (χ3v) is 7.40. The molecule has 0 aliphatic heterocycles. The first-order valence-corrected chi connectivity index (χ1v) is 8.76. The highest BCUT2D eigenvalue weighted by Gasteiger charge is 2.64. The zero-order chi connectivity index (χ0) is 16.2. The van der Waals surface area contributed by atoms with Crippen LogP contribution in [-0.4, -0.2) is 15.0 Å². The Morgan fingerprint density at radius 2 is 1.67 bits per heavy atom. The van der Waals surface area contributed by atoms with E-state index in [0.29, 0.717) is 18.2 Å². The van der Waals surface area contributed by atoms with Crippen LogP contribution < -0.4 is 10.5 Å². The first-order chi connectivity index (χ1) is 9.43. The van der Waals surface area contributed by atoms with E-state index in [1.165, 1.54) is 0 Å². The van der Waals surface area contributed by atoms with E-state index in [0.717, 1.165) is 11.1 Å². The summed E-state index contributed by atoms with van der Waals surface area (Å²) >= 11 is 0. The number of hydrogen-bond acceptors (Lipinski definition) is 3. The number of hydrogen-bond donors (Lipinski definition) is 2. The zero-order valence-corrected chi connectivity index (χ0v) is 14.6. The number of anilines is 1. The summed E-state index contributed by atoms with van der Waals surface area (Å²) < 4.78 is 27.9. The van der Waals surface area contributed by atoms with Crippen LogP contribution in [0.4, 0.5) is 5.69 Å². The van der Waals surface area contributed by atoms with Gasteiger partial charge in [0.15, 0.2) is 0 Å². The van der Waals surface area contributed by atoms with Crippen LogP contribution in [0.25, 0.3) is 0 Å². The molecule has 0 amide bonds. The number of rotatable bonds is 4. The Hall–Kier alpha value is -1.07. The zero-order valence-electron chi connectivity index (χ0n) is 13.7. The predicted octanol–water partition coefficient (Wildman–Crippen LogP) is 2.85. The summed E-state index contributed by atoms with van der Waals surface area (Å²) in [6, 6.07) is 3.50. The van der Waals surface area contributed by atoms with Crippen molar-refractivity contribution in [2.45, 2.75) is 46.4 Å². The van der Waals surface area contributed by atoms with Crippen molar-refractivity contribution in [2.75, 3.05) is 12.3 Å². The van der Waals surface area contributed by atoms with Crippen LogP contribution in [0.5, 0.6) is 0 Å². The molecule has 4 nitrogen and oxygen atoms in total. The molecule has 0 unspecified atom stereocenters. The SMILES string of the molecule is Cc1ccc(N)c(S(=O)(=O)NCC2C(C)(C)C2(C)C)c1C. The maximum atomic E-state index is 12.6. The highest BCUT2D eigenvalue weighted by atomic mass is 32.2. The Kier molecular flexibility index (Phi) is 3.66. The molecule has 0 spiro atoms. The summed E-state index contributed by atoms with van der Waals surface area (Å²) in [7, 11) is -3.57. The number of aryl methyl sites for hydroxylation is 1. The first kappa shape index (κ1) is 16.3. The van der Waals surface area contributed by atoms with E-state index < -0.39 is 10.0 Å². The van der Waals surface area contributed by atoms with Crippen LogP contribution in [0.2, 0.25) is 0 Å². The first-order valence-electron chi connectivity index (χ1n) is 7.28. The van der Waals surface area contributed by atoms with Gasteiger partial charge in [-0.1, -0.05) is 33.8 Å². The largest absolute Gasteiger partial charge is 0.398 e. The molecule has 0 bridgehead atoms. The topological polar surface area (TPSA) is 72.2 Å². The van der Waals surface area contributed by atoms with Crippen molar-refractivity contribution in [3.8, 4) is 0 Å². The van der Waals surface area contributed by atoms with Gasteiger partial charge < -0.3 is 5.73 Å². The standard InChI is InChI=1S/C16H26N2O2S/c1-10-7-8-12(17)14(11(10)2)21(19,20)18-9-13-15(3,4)16(13,5)6/h7-8,13,18H,9,17H2,1-6H3. The lowest BCUT2D eigenvalue weighted by Crippen LogP contribution is -2.28. The van der Waals surface area contributed by atoms with Crippen molar-refractivity contribution < 1.29 is 8.42 Å². The van der Waals surface area contributed by atoms with E-state index in [1.807, 2.05) is 13.0 Å². The maximum absolute atomic E-state index is 12.6. The Labute approximate surface area is 128 Å². The van der Waals surface area contributed by atoms with E-state index in [4.69, 9.17) is 5.73 Å². The van der Waals surface area contributed by atoms with Crippen LogP contribution in [0.15, 0.2) is 17.0 Å². The average Bonchev–Trinajstić information content (AvgIpc) is 2.72. The lowest BCUT2D eigenvalue weighted by atomic mass is 10.0. The lowest BCUT2D eigenvalue weighted by Gasteiger charge is -2.14. The number of nitrogens with two attached hydrogens (primary N) is 1. The molecule has 21 heavy (non-hydrogen) atoms. The maximum Gasteiger partial charge on any atom is 0.242 e. The van der Waals surface area contributed by atoms with Gasteiger partial charge in [-0.05, 0) is 47.8 Å². The molecule has 1 aromatic carbocycles. The van der Waals surface area contributed by atoms with Crippen LogP contribution >= 0.6 is 0 Å². The number of benzene rings is 1. The minimum absolute atomic E-state index is 0.155. The molecule has 3 N–H and O–H groups in total. The second kappa shape index (κ2) is 4.71. The Morgan fingerprint density at radius 1 is 1.14 bits per heavy atom. The summed E-state index contributed by atoms with van der Waals surface area (Å²) in [6.45, 7) is 12.9. The third kappa shape index (κ3) is 2.46. The molecule has 1 aliphatic carbocycles. The molecule has 0 heterocycles. The molecule has 1 fully saturated rings. The van der Waals surface area contributed by atoms with Gasteiger partial charge in [-0.2, -0.15) is 0 Å². The van der Waals surface area contributed by atoms with E-state index >= 15 is 0 Å². The van der Waals surface area contributed by atoms with Crippen LogP contribution in [0.1, 0.15) is 38.8 Å². The highest BCUT2D eigenvalue weighted by Crippen LogP contribution is 2.68. The fourth-order valence-electron chi connectivity index (χ4n) is 3.28. The van der Waals surface area contributed by atoms with Crippen molar-refractivity contribution in [3.05, 3.63) is 23.3 Å². The Morgan fingerprint density at radius 3 is 2.14 bits per heavy atom. The van der Waals surface area contributed by atoms with E-state index in [-0.39, 0.29) is 15.7 Å². The molecule has 0 radical (unpaired) electrons. The van der Waals surface area contributed by atoms with Gasteiger partial charge in [-0.15, -0.1) is 0 Å². The average molecular weight is 310 g/mol. The summed E-state index contributed by atoms with van der Waals surface area (Å²) in [4.78, 5) is 0.221. The molecular weight excluding hydrogens is 284 g/mol. The van der Waals surface area contributed by atoms with E-state index in [1.54, 1.807) is 13.0 Å².